The van der Waals surface area contributed by atoms with Crippen molar-refractivity contribution < 1.29 is 14.3 Å². The highest BCUT2D eigenvalue weighted by Gasteiger charge is 2.24. The zero-order valence-electron chi connectivity index (χ0n) is 18.0. The molecule has 1 aromatic heterocycles. The van der Waals surface area contributed by atoms with E-state index in [0.29, 0.717) is 50.5 Å². The van der Waals surface area contributed by atoms with E-state index in [1.165, 1.54) is 0 Å². The average Bonchev–Trinajstić information content (AvgIpc) is 2.78. The molecule has 0 radical (unpaired) electrons. The van der Waals surface area contributed by atoms with Crippen LogP contribution in [0.4, 0.5) is 5.82 Å². The van der Waals surface area contributed by atoms with Gasteiger partial charge in [-0.2, -0.15) is 0 Å². The first-order chi connectivity index (χ1) is 15.0. The molecule has 2 heterocycles. The summed E-state index contributed by atoms with van der Waals surface area (Å²) in [7, 11) is 0. The fourth-order valence-corrected chi connectivity index (χ4v) is 3.80. The third-order valence-corrected chi connectivity index (χ3v) is 5.75. The molecule has 1 saturated heterocycles. The number of rotatable bonds is 8. The number of nitrogens with zero attached hydrogens (tertiary/aromatic N) is 3. The number of aromatic nitrogens is 1. The highest BCUT2D eigenvalue weighted by Crippen LogP contribution is 2.20. The van der Waals surface area contributed by atoms with E-state index in [-0.39, 0.29) is 17.9 Å². The van der Waals surface area contributed by atoms with Crippen LogP contribution in [0.1, 0.15) is 41.0 Å². The smallest absolute Gasteiger partial charge is 0.255 e. The van der Waals surface area contributed by atoms with Crippen LogP contribution >= 0.6 is 15.9 Å². The monoisotopic (exact) mass is 488 g/mol. The van der Waals surface area contributed by atoms with Crippen molar-refractivity contribution in [2.24, 2.45) is 0 Å². The molecule has 1 N–H and O–H groups in total. The molecule has 31 heavy (non-hydrogen) atoms. The van der Waals surface area contributed by atoms with Gasteiger partial charge in [0.1, 0.15) is 5.82 Å². The van der Waals surface area contributed by atoms with Gasteiger partial charge in [-0.05, 0) is 60.5 Å². The molecule has 0 bridgehead atoms. The van der Waals surface area contributed by atoms with Gasteiger partial charge in [-0.1, -0.05) is 12.1 Å². The van der Waals surface area contributed by atoms with Gasteiger partial charge in [0.2, 0.25) is 0 Å². The first-order valence-electron chi connectivity index (χ1n) is 10.6. The molecule has 0 unspecified atom stereocenters. The molecule has 0 aliphatic carbocycles. The molecule has 3 rings (SSSR count). The summed E-state index contributed by atoms with van der Waals surface area (Å²) in [4.78, 5) is 33.5. The SMILES string of the molecule is CC(C)OCCCNC(=O)c1ccc(N2CCN(C(=O)c3ccccc3Br)CC2)nc1. The molecule has 166 valence electrons. The van der Waals surface area contributed by atoms with Crippen molar-refractivity contribution in [1.29, 1.82) is 0 Å². The molecule has 8 heteroatoms. The van der Waals surface area contributed by atoms with Crippen molar-refractivity contribution >= 4 is 33.6 Å². The average molecular weight is 489 g/mol. The van der Waals surface area contributed by atoms with Crippen LogP contribution in [0.3, 0.4) is 0 Å². The fourth-order valence-electron chi connectivity index (χ4n) is 3.35. The topological polar surface area (TPSA) is 74.8 Å². The number of anilines is 1. The Bertz CT molecular complexity index is 881. The number of hydrogen-bond acceptors (Lipinski definition) is 5. The van der Waals surface area contributed by atoms with E-state index >= 15 is 0 Å². The molecule has 0 saturated carbocycles. The number of piperazine rings is 1. The van der Waals surface area contributed by atoms with E-state index in [2.05, 4.69) is 31.1 Å². The first kappa shape index (κ1) is 23.2. The minimum absolute atomic E-state index is 0.0332. The van der Waals surface area contributed by atoms with Crippen molar-refractivity contribution in [3.05, 3.63) is 58.2 Å². The predicted octanol–water partition coefficient (Wildman–Crippen LogP) is 3.35. The standard InChI is InChI=1S/C23H29BrN4O3/c1-17(2)31-15-5-10-25-22(29)18-8-9-21(26-16-18)27-11-13-28(14-12-27)23(30)19-6-3-4-7-20(19)24/h3-4,6-9,16-17H,5,10-15H2,1-2H3,(H,25,29). The molecular formula is C23H29BrN4O3. The zero-order valence-corrected chi connectivity index (χ0v) is 19.6. The van der Waals surface area contributed by atoms with Gasteiger partial charge >= 0.3 is 0 Å². The van der Waals surface area contributed by atoms with E-state index in [9.17, 15) is 9.59 Å². The van der Waals surface area contributed by atoms with Crippen molar-refractivity contribution in [1.82, 2.24) is 15.2 Å². The van der Waals surface area contributed by atoms with E-state index in [4.69, 9.17) is 4.74 Å². The van der Waals surface area contributed by atoms with Crippen LogP contribution in [-0.2, 0) is 4.74 Å². The summed E-state index contributed by atoms with van der Waals surface area (Å²) in [5, 5.41) is 2.89. The Hall–Kier alpha value is -2.45. The van der Waals surface area contributed by atoms with Crippen molar-refractivity contribution in [2.45, 2.75) is 26.4 Å². The summed E-state index contributed by atoms with van der Waals surface area (Å²) in [6, 6.07) is 11.1. The first-order valence-corrected chi connectivity index (χ1v) is 11.4. The molecule has 1 aliphatic heterocycles. The second-order valence-corrected chi connectivity index (χ2v) is 8.55. The maximum Gasteiger partial charge on any atom is 0.255 e. The Balaban J connectivity index is 1.47. The number of amides is 2. The van der Waals surface area contributed by atoms with E-state index in [0.717, 1.165) is 16.7 Å². The lowest BCUT2D eigenvalue weighted by atomic mass is 10.2. The van der Waals surface area contributed by atoms with Crippen LogP contribution in [0.15, 0.2) is 47.1 Å². The summed E-state index contributed by atoms with van der Waals surface area (Å²) < 4.78 is 6.28. The zero-order chi connectivity index (χ0) is 22.2. The number of ether oxygens (including phenoxy) is 1. The van der Waals surface area contributed by atoms with Gasteiger partial charge in [0.15, 0.2) is 0 Å². The third-order valence-electron chi connectivity index (χ3n) is 5.06. The van der Waals surface area contributed by atoms with Gasteiger partial charge in [-0.15, -0.1) is 0 Å². The molecule has 7 nitrogen and oxygen atoms in total. The normalized spacial score (nSPS) is 14.1. The van der Waals surface area contributed by atoms with Crippen LogP contribution in [-0.4, -0.2) is 67.1 Å². The molecule has 0 atom stereocenters. The number of hydrogen-bond donors (Lipinski definition) is 1. The number of halogens is 1. The van der Waals surface area contributed by atoms with E-state index in [1.807, 2.05) is 49.1 Å². The number of nitrogens with one attached hydrogen (secondary N) is 1. The highest BCUT2D eigenvalue weighted by molar-refractivity contribution is 9.10. The van der Waals surface area contributed by atoms with E-state index < -0.39 is 0 Å². The molecule has 0 spiro atoms. The summed E-state index contributed by atoms with van der Waals surface area (Å²) in [6.45, 7) is 7.84. The van der Waals surface area contributed by atoms with Gasteiger partial charge < -0.3 is 19.9 Å². The molecular weight excluding hydrogens is 460 g/mol. The second-order valence-electron chi connectivity index (χ2n) is 7.69. The van der Waals surface area contributed by atoms with Crippen LogP contribution in [0.25, 0.3) is 0 Å². The summed E-state index contributed by atoms with van der Waals surface area (Å²) in [5.74, 6) is 0.716. The number of pyridine rings is 1. The summed E-state index contributed by atoms with van der Waals surface area (Å²) >= 11 is 3.45. The number of carbonyl (C=O) groups is 2. The molecule has 2 aromatic rings. The lowest BCUT2D eigenvalue weighted by Gasteiger charge is -2.35. The fraction of sp³-hybridized carbons (Fsp3) is 0.435. The maximum absolute atomic E-state index is 12.8. The lowest BCUT2D eigenvalue weighted by molar-refractivity contribution is 0.0742. The number of carbonyl (C=O) groups excluding carboxylic acids is 2. The minimum Gasteiger partial charge on any atom is -0.379 e. The van der Waals surface area contributed by atoms with Crippen LogP contribution in [0, 0.1) is 0 Å². The highest BCUT2D eigenvalue weighted by atomic mass is 79.9. The Labute approximate surface area is 191 Å². The van der Waals surface area contributed by atoms with Crippen LogP contribution < -0.4 is 10.2 Å². The van der Waals surface area contributed by atoms with Gasteiger partial charge in [-0.25, -0.2) is 4.98 Å². The summed E-state index contributed by atoms with van der Waals surface area (Å²) in [6.07, 6.45) is 2.58. The van der Waals surface area contributed by atoms with E-state index in [1.54, 1.807) is 12.3 Å². The molecule has 2 amide bonds. The molecule has 1 fully saturated rings. The van der Waals surface area contributed by atoms with Gasteiger partial charge in [-0.3, -0.25) is 9.59 Å². The quantitative estimate of drug-likeness (QED) is 0.576. The largest absolute Gasteiger partial charge is 0.379 e. The molecule has 1 aromatic carbocycles. The lowest BCUT2D eigenvalue weighted by Crippen LogP contribution is -2.49. The predicted molar refractivity (Wildman–Crippen MR) is 125 cm³/mol. The van der Waals surface area contributed by atoms with Crippen molar-refractivity contribution in [2.75, 3.05) is 44.2 Å². The van der Waals surface area contributed by atoms with Gasteiger partial charge in [0.05, 0.1) is 17.2 Å². The minimum atomic E-state index is -0.132. The Kier molecular flexibility index (Phi) is 8.43. The Morgan fingerprint density at radius 3 is 2.52 bits per heavy atom. The summed E-state index contributed by atoms with van der Waals surface area (Å²) in [5.41, 5.74) is 1.22. The van der Waals surface area contributed by atoms with Crippen molar-refractivity contribution in [3.8, 4) is 0 Å². The molecule has 1 aliphatic rings. The second kappa shape index (κ2) is 11.2. The maximum atomic E-state index is 12.8. The van der Waals surface area contributed by atoms with Gasteiger partial charge in [0, 0.05) is 50.0 Å². The van der Waals surface area contributed by atoms with Crippen LogP contribution in [0.5, 0.6) is 0 Å². The van der Waals surface area contributed by atoms with Gasteiger partial charge in [0.25, 0.3) is 11.8 Å². The van der Waals surface area contributed by atoms with Crippen molar-refractivity contribution in [3.63, 3.8) is 0 Å². The Morgan fingerprint density at radius 2 is 1.87 bits per heavy atom. The van der Waals surface area contributed by atoms with Crippen LogP contribution in [0.2, 0.25) is 0 Å². The third kappa shape index (κ3) is 6.51. The Morgan fingerprint density at radius 1 is 1.13 bits per heavy atom. The number of benzene rings is 1.